The van der Waals surface area contributed by atoms with Crippen molar-refractivity contribution in [2.24, 2.45) is 5.92 Å². The lowest BCUT2D eigenvalue weighted by molar-refractivity contribution is -0.385. The van der Waals surface area contributed by atoms with Crippen LogP contribution >= 0.6 is 0 Å². The molecule has 0 bridgehead atoms. The van der Waals surface area contributed by atoms with Gasteiger partial charge < -0.3 is 9.84 Å². The minimum Gasteiger partial charge on any atom is -0.466 e. The molecule has 6 heteroatoms. The first-order chi connectivity index (χ1) is 10.0. The van der Waals surface area contributed by atoms with Gasteiger partial charge in [-0.2, -0.15) is 0 Å². The molecule has 6 nitrogen and oxygen atoms in total. The predicted octanol–water partition coefficient (Wildman–Crippen LogP) is 2.40. The molecule has 114 valence electrons. The average Bonchev–Trinajstić information content (AvgIpc) is 2.79. The zero-order valence-electron chi connectivity index (χ0n) is 11.9. The van der Waals surface area contributed by atoms with Gasteiger partial charge in [0.05, 0.1) is 17.6 Å². The van der Waals surface area contributed by atoms with Crippen LogP contribution in [0.25, 0.3) is 0 Å². The van der Waals surface area contributed by atoms with Crippen LogP contribution in [0.1, 0.15) is 37.7 Å². The van der Waals surface area contributed by atoms with E-state index in [0.717, 1.165) is 0 Å². The highest BCUT2D eigenvalue weighted by Crippen LogP contribution is 2.44. The van der Waals surface area contributed by atoms with E-state index in [1.807, 2.05) is 0 Å². The number of nitro groups is 1. The third-order valence-corrected chi connectivity index (χ3v) is 3.98. The lowest BCUT2D eigenvalue weighted by Gasteiger charge is -2.21. The molecule has 21 heavy (non-hydrogen) atoms. The molecular formula is C15H19NO5. The van der Waals surface area contributed by atoms with Gasteiger partial charge in [-0.25, -0.2) is 0 Å². The Labute approximate surface area is 122 Å². The van der Waals surface area contributed by atoms with Crippen molar-refractivity contribution >= 4 is 11.7 Å². The molecule has 1 aromatic carbocycles. The van der Waals surface area contributed by atoms with Gasteiger partial charge in [0, 0.05) is 24.0 Å². The van der Waals surface area contributed by atoms with E-state index in [1.165, 1.54) is 6.07 Å². The first-order valence-electron chi connectivity index (χ1n) is 7.11. The minimum atomic E-state index is -0.662. The molecule has 1 fully saturated rings. The SMILES string of the molecule is CCOC(=O)CC1CCC(O)C1c1ccccc1[N+](=O)[O-]. The Hall–Kier alpha value is -1.95. The normalized spacial score (nSPS) is 24.8. The Balaban J connectivity index is 2.27. The lowest BCUT2D eigenvalue weighted by atomic mass is 9.85. The second kappa shape index (κ2) is 6.67. The molecule has 1 aromatic rings. The molecule has 2 rings (SSSR count). The molecule has 0 saturated heterocycles. The van der Waals surface area contributed by atoms with Crippen LogP contribution in [-0.4, -0.2) is 28.7 Å². The predicted molar refractivity (Wildman–Crippen MR) is 75.8 cm³/mol. The Bertz CT molecular complexity index is 531. The summed E-state index contributed by atoms with van der Waals surface area (Å²) in [6, 6.07) is 6.41. The van der Waals surface area contributed by atoms with Crippen molar-refractivity contribution in [2.45, 2.75) is 38.2 Å². The van der Waals surface area contributed by atoms with Crippen molar-refractivity contribution in [1.29, 1.82) is 0 Å². The molecule has 0 spiro atoms. The molecule has 0 aliphatic heterocycles. The molecule has 1 N–H and O–H groups in total. The number of benzene rings is 1. The first kappa shape index (κ1) is 15.4. The van der Waals surface area contributed by atoms with Crippen LogP contribution in [-0.2, 0) is 9.53 Å². The van der Waals surface area contributed by atoms with Crippen molar-refractivity contribution in [3.8, 4) is 0 Å². The lowest BCUT2D eigenvalue weighted by Crippen LogP contribution is -2.21. The maximum Gasteiger partial charge on any atom is 0.306 e. The van der Waals surface area contributed by atoms with Gasteiger partial charge in [0.25, 0.3) is 5.69 Å². The van der Waals surface area contributed by atoms with E-state index in [4.69, 9.17) is 4.74 Å². The number of aliphatic hydroxyl groups excluding tert-OH is 1. The fraction of sp³-hybridized carbons (Fsp3) is 0.533. The molecule has 3 unspecified atom stereocenters. The number of nitrogens with zero attached hydrogens (tertiary/aromatic N) is 1. The number of esters is 1. The van der Waals surface area contributed by atoms with Crippen LogP contribution < -0.4 is 0 Å². The second-order valence-electron chi connectivity index (χ2n) is 5.26. The summed E-state index contributed by atoms with van der Waals surface area (Å²) in [5.74, 6) is -0.837. The van der Waals surface area contributed by atoms with Crippen LogP contribution in [0.2, 0.25) is 0 Å². The zero-order chi connectivity index (χ0) is 15.4. The van der Waals surface area contributed by atoms with Crippen LogP contribution in [0.15, 0.2) is 24.3 Å². The summed E-state index contributed by atoms with van der Waals surface area (Å²) < 4.78 is 4.95. The van der Waals surface area contributed by atoms with Gasteiger partial charge in [-0.15, -0.1) is 0 Å². The van der Waals surface area contributed by atoms with Gasteiger partial charge in [0.15, 0.2) is 0 Å². The molecular weight excluding hydrogens is 274 g/mol. The quantitative estimate of drug-likeness (QED) is 0.511. The minimum absolute atomic E-state index is 0.00249. The van der Waals surface area contributed by atoms with Gasteiger partial charge >= 0.3 is 5.97 Å². The Morgan fingerprint density at radius 2 is 2.14 bits per heavy atom. The highest BCUT2D eigenvalue weighted by atomic mass is 16.6. The van der Waals surface area contributed by atoms with Crippen LogP contribution in [0.5, 0.6) is 0 Å². The molecule has 0 amide bonds. The zero-order valence-corrected chi connectivity index (χ0v) is 11.9. The van der Waals surface area contributed by atoms with Crippen LogP contribution in [0.4, 0.5) is 5.69 Å². The molecule has 0 radical (unpaired) electrons. The van der Waals surface area contributed by atoms with Crippen molar-refractivity contribution < 1.29 is 19.6 Å². The molecule has 1 aliphatic rings. The van der Waals surface area contributed by atoms with Gasteiger partial charge in [-0.3, -0.25) is 14.9 Å². The summed E-state index contributed by atoms with van der Waals surface area (Å²) in [6.45, 7) is 2.05. The molecule has 0 aromatic heterocycles. The third-order valence-electron chi connectivity index (χ3n) is 3.98. The van der Waals surface area contributed by atoms with Crippen molar-refractivity contribution in [3.63, 3.8) is 0 Å². The summed E-state index contributed by atoms with van der Waals surface area (Å²) in [7, 11) is 0. The maximum atomic E-state index is 11.7. The van der Waals surface area contributed by atoms with E-state index in [9.17, 15) is 20.0 Å². The van der Waals surface area contributed by atoms with Gasteiger partial charge in [0.2, 0.25) is 0 Å². The largest absolute Gasteiger partial charge is 0.466 e. The number of para-hydroxylation sites is 1. The Kier molecular flexibility index (Phi) is 4.90. The Morgan fingerprint density at radius 3 is 2.81 bits per heavy atom. The number of carbonyl (C=O) groups excluding carboxylic acids is 1. The first-order valence-corrected chi connectivity index (χ1v) is 7.11. The fourth-order valence-corrected chi connectivity index (χ4v) is 3.12. The van der Waals surface area contributed by atoms with E-state index in [0.29, 0.717) is 25.0 Å². The molecule has 3 atom stereocenters. The molecule has 1 saturated carbocycles. The molecule has 0 heterocycles. The van der Waals surface area contributed by atoms with Crippen molar-refractivity contribution in [1.82, 2.24) is 0 Å². The van der Waals surface area contributed by atoms with E-state index in [1.54, 1.807) is 25.1 Å². The van der Waals surface area contributed by atoms with E-state index in [2.05, 4.69) is 0 Å². The topological polar surface area (TPSA) is 89.7 Å². The Morgan fingerprint density at radius 1 is 1.43 bits per heavy atom. The fourth-order valence-electron chi connectivity index (χ4n) is 3.12. The third kappa shape index (κ3) is 3.39. The van der Waals surface area contributed by atoms with E-state index < -0.39 is 16.9 Å². The van der Waals surface area contributed by atoms with Crippen LogP contribution in [0, 0.1) is 16.0 Å². The number of rotatable bonds is 5. The van der Waals surface area contributed by atoms with Gasteiger partial charge in [0.1, 0.15) is 0 Å². The summed E-state index contributed by atoms with van der Waals surface area (Å²) in [4.78, 5) is 22.4. The number of hydrogen-bond acceptors (Lipinski definition) is 5. The number of carbonyl (C=O) groups is 1. The highest BCUT2D eigenvalue weighted by molar-refractivity contribution is 5.70. The highest BCUT2D eigenvalue weighted by Gasteiger charge is 2.40. The van der Waals surface area contributed by atoms with Crippen molar-refractivity contribution in [3.05, 3.63) is 39.9 Å². The summed E-state index contributed by atoms with van der Waals surface area (Å²) in [6.07, 6.45) is 0.726. The summed E-state index contributed by atoms with van der Waals surface area (Å²) in [5.41, 5.74) is 0.499. The smallest absolute Gasteiger partial charge is 0.306 e. The maximum absolute atomic E-state index is 11.7. The number of hydrogen-bond donors (Lipinski definition) is 1. The standard InChI is InChI=1S/C15H19NO5/c1-2-21-14(18)9-10-7-8-13(17)15(10)11-5-3-4-6-12(11)16(19)20/h3-6,10,13,15,17H,2,7-9H2,1H3. The second-order valence-corrected chi connectivity index (χ2v) is 5.26. The van der Waals surface area contributed by atoms with Crippen LogP contribution in [0.3, 0.4) is 0 Å². The summed E-state index contributed by atoms with van der Waals surface area (Å²) in [5, 5.41) is 21.3. The van der Waals surface area contributed by atoms with E-state index in [-0.39, 0.29) is 24.0 Å². The summed E-state index contributed by atoms with van der Waals surface area (Å²) >= 11 is 0. The number of nitro benzene ring substituents is 1. The van der Waals surface area contributed by atoms with Crippen molar-refractivity contribution in [2.75, 3.05) is 6.61 Å². The average molecular weight is 293 g/mol. The number of ether oxygens (including phenoxy) is 1. The van der Waals surface area contributed by atoms with E-state index >= 15 is 0 Å². The van der Waals surface area contributed by atoms with Gasteiger partial charge in [-0.1, -0.05) is 18.2 Å². The number of aliphatic hydroxyl groups is 1. The van der Waals surface area contributed by atoms with Gasteiger partial charge in [-0.05, 0) is 25.7 Å². The molecule has 1 aliphatic carbocycles. The monoisotopic (exact) mass is 293 g/mol.